The van der Waals surface area contributed by atoms with Crippen LogP contribution in [0.5, 0.6) is 5.75 Å². The normalized spacial score (nSPS) is 16.1. The number of ether oxygens (including phenoxy) is 1. The first-order valence-electron chi connectivity index (χ1n) is 8.14. The molecule has 1 aliphatic heterocycles. The van der Waals surface area contributed by atoms with Crippen molar-refractivity contribution in [1.82, 2.24) is 15.1 Å². The number of nitrogens with zero attached hydrogens (tertiary/aromatic N) is 2. The number of amides is 1. The van der Waals surface area contributed by atoms with E-state index in [0.29, 0.717) is 23.8 Å². The number of aryl methyl sites for hydroxylation is 1. The standard InChI is InChI=1S/C19H17N3O3/c1-22-19(24)13-7-3-2-6-12(13)17(21-22)18(23)20-15-10-11-25-16-9-5-4-8-14(15)16/h2-9,15H,10-11H2,1H3,(H,20,23)/t15-/m1/s1. The van der Waals surface area contributed by atoms with Crippen LogP contribution < -0.4 is 15.6 Å². The zero-order valence-electron chi connectivity index (χ0n) is 13.7. The van der Waals surface area contributed by atoms with E-state index in [1.54, 1.807) is 31.3 Å². The van der Waals surface area contributed by atoms with Gasteiger partial charge in [0.25, 0.3) is 11.5 Å². The van der Waals surface area contributed by atoms with Gasteiger partial charge in [-0.1, -0.05) is 36.4 Å². The van der Waals surface area contributed by atoms with Crippen LogP contribution in [-0.4, -0.2) is 22.3 Å². The molecular formula is C19H17N3O3. The predicted molar refractivity (Wildman–Crippen MR) is 93.7 cm³/mol. The van der Waals surface area contributed by atoms with Crippen molar-refractivity contribution >= 4 is 16.7 Å². The Kier molecular flexibility index (Phi) is 3.72. The number of carbonyl (C=O) groups excluding carboxylic acids is 1. The van der Waals surface area contributed by atoms with Crippen LogP contribution in [0.3, 0.4) is 0 Å². The van der Waals surface area contributed by atoms with Gasteiger partial charge in [0.2, 0.25) is 0 Å². The van der Waals surface area contributed by atoms with E-state index in [2.05, 4.69) is 10.4 Å². The van der Waals surface area contributed by atoms with Crippen molar-refractivity contribution in [2.24, 2.45) is 7.05 Å². The summed E-state index contributed by atoms with van der Waals surface area (Å²) >= 11 is 0. The molecule has 0 unspecified atom stereocenters. The number of hydrogen-bond donors (Lipinski definition) is 1. The minimum atomic E-state index is -0.298. The maximum atomic E-state index is 12.9. The molecule has 25 heavy (non-hydrogen) atoms. The largest absolute Gasteiger partial charge is 0.493 e. The molecule has 126 valence electrons. The number of nitrogens with one attached hydrogen (secondary N) is 1. The molecule has 0 saturated carbocycles. The third-order valence-corrected chi connectivity index (χ3v) is 4.44. The summed E-state index contributed by atoms with van der Waals surface area (Å²) in [5, 5.41) is 8.26. The Labute approximate surface area is 144 Å². The summed E-state index contributed by atoms with van der Waals surface area (Å²) in [6.45, 7) is 0.545. The number of aromatic nitrogens is 2. The molecule has 1 N–H and O–H groups in total. The fourth-order valence-electron chi connectivity index (χ4n) is 3.19. The molecule has 3 aromatic rings. The third kappa shape index (κ3) is 2.65. The summed E-state index contributed by atoms with van der Waals surface area (Å²) in [5.74, 6) is 0.492. The highest BCUT2D eigenvalue weighted by Gasteiger charge is 2.25. The number of hydrogen-bond acceptors (Lipinski definition) is 4. The lowest BCUT2D eigenvalue weighted by Gasteiger charge is -2.26. The van der Waals surface area contributed by atoms with Crippen LogP contribution in [-0.2, 0) is 7.05 Å². The Morgan fingerprint density at radius 1 is 1.16 bits per heavy atom. The number of benzene rings is 2. The van der Waals surface area contributed by atoms with E-state index in [1.807, 2.05) is 24.3 Å². The average molecular weight is 335 g/mol. The zero-order valence-corrected chi connectivity index (χ0v) is 13.7. The Bertz CT molecular complexity index is 1030. The van der Waals surface area contributed by atoms with Gasteiger partial charge in [-0.05, 0) is 12.1 Å². The molecule has 6 heteroatoms. The van der Waals surface area contributed by atoms with E-state index in [9.17, 15) is 9.59 Å². The first kappa shape index (κ1) is 15.4. The lowest BCUT2D eigenvalue weighted by atomic mass is 10.00. The van der Waals surface area contributed by atoms with Crippen LogP contribution in [0.15, 0.2) is 53.3 Å². The molecule has 1 aromatic heterocycles. The minimum absolute atomic E-state index is 0.143. The van der Waals surface area contributed by atoms with Crippen LogP contribution in [0.1, 0.15) is 28.5 Å². The van der Waals surface area contributed by atoms with Crippen molar-refractivity contribution in [1.29, 1.82) is 0 Å². The molecule has 0 spiro atoms. The van der Waals surface area contributed by atoms with E-state index >= 15 is 0 Å². The Morgan fingerprint density at radius 2 is 1.88 bits per heavy atom. The Hall–Kier alpha value is -3.15. The second-order valence-electron chi connectivity index (χ2n) is 6.02. The highest BCUT2D eigenvalue weighted by Crippen LogP contribution is 2.31. The van der Waals surface area contributed by atoms with Crippen molar-refractivity contribution < 1.29 is 9.53 Å². The maximum absolute atomic E-state index is 12.9. The number of fused-ring (bicyclic) bond motifs is 2. The molecule has 0 fully saturated rings. The summed E-state index contributed by atoms with van der Waals surface area (Å²) < 4.78 is 6.84. The van der Waals surface area contributed by atoms with Gasteiger partial charge >= 0.3 is 0 Å². The average Bonchev–Trinajstić information content (AvgIpc) is 2.65. The van der Waals surface area contributed by atoms with Crippen LogP contribution >= 0.6 is 0 Å². The topological polar surface area (TPSA) is 73.2 Å². The second-order valence-corrected chi connectivity index (χ2v) is 6.02. The molecule has 0 aliphatic carbocycles. The van der Waals surface area contributed by atoms with Gasteiger partial charge in [0.05, 0.1) is 18.0 Å². The number of rotatable bonds is 2. The first-order valence-corrected chi connectivity index (χ1v) is 8.14. The van der Waals surface area contributed by atoms with Gasteiger partial charge in [0.15, 0.2) is 5.69 Å². The van der Waals surface area contributed by atoms with Gasteiger partial charge < -0.3 is 10.1 Å². The van der Waals surface area contributed by atoms with E-state index in [0.717, 1.165) is 11.3 Å². The predicted octanol–water partition coefficient (Wildman–Crippen LogP) is 2.19. The summed E-state index contributed by atoms with van der Waals surface area (Å²) in [6, 6.07) is 14.6. The molecule has 2 heterocycles. The maximum Gasteiger partial charge on any atom is 0.274 e. The van der Waals surface area contributed by atoms with Gasteiger partial charge in [-0.15, -0.1) is 0 Å². The van der Waals surface area contributed by atoms with Crippen molar-refractivity contribution in [2.75, 3.05) is 6.61 Å². The summed E-state index contributed by atoms with van der Waals surface area (Å²) in [7, 11) is 1.55. The molecule has 4 rings (SSSR count). The first-order chi connectivity index (χ1) is 12.1. The van der Waals surface area contributed by atoms with Crippen molar-refractivity contribution in [3.8, 4) is 5.75 Å². The highest BCUT2D eigenvalue weighted by molar-refractivity contribution is 6.04. The monoisotopic (exact) mass is 335 g/mol. The van der Waals surface area contributed by atoms with Gasteiger partial charge in [0.1, 0.15) is 5.75 Å². The second kappa shape index (κ2) is 6.05. The van der Waals surface area contributed by atoms with Gasteiger partial charge in [-0.25, -0.2) is 4.68 Å². The lowest BCUT2D eigenvalue weighted by Crippen LogP contribution is -2.34. The summed E-state index contributed by atoms with van der Waals surface area (Å²) in [5.41, 5.74) is 0.987. The van der Waals surface area contributed by atoms with E-state index in [1.165, 1.54) is 4.68 Å². The summed E-state index contributed by atoms with van der Waals surface area (Å²) in [6.07, 6.45) is 0.687. The van der Waals surface area contributed by atoms with Crippen LogP contribution in [0.4, 0.5) is 0 Å². The fourth-order valence-corrected chi connectivity index (χ4v) is 3.19. The number of carbonyl (C=O) groups is 1. The SMILES string of the molecule is Cn1nc(C(=O)N[C@@H]2CCOc3ccccc32)c2ccccc2c1=O. The molecule has 0 bridgehead atoms. The quantitative estimate of drug-likeness (QED) is 0.779. The van der Waals surface area contributed by atoms with Gasteiger partial charge in [-0.2, -0.15) is 5.10 Å². The molecule has 2 aromatic carbocycles. The van der Waals surface area contributed by atoms with Crippen molar-refractivity contribution in [3.63, 3.8) is 0 Å². The van der Waals surface area contributed by atoms with Crippen molar-refractivity contribution in [2.45, 2.75) is 12.5 Å². The molecular weight excluding hydrogens is 318 g/mol. The zero-order chi connectivity index (χ0) is 17.4. The fraction of sp³-hybridized carbons (Fsp3) is 0.211. The smallest absolute Gasteiger partial charge is 0.274 e. The summed E-state index contributed by atoms with van der Waals surface area (Å²) in [4.78, 5) is 25.1. The minimum Gasteiger partial charge on any atom is -0.493 e. The molecule has 1 amide bonds. The van der Waals surface area contributed by atoms with E-state index in [-0.39, 0.29) is 23.2 Å². The molecule has 0 saturated heterocycles. The van der Waals surface area contributed by atoms with Crippen LogP contribution in [0.25, 0.3) is 10.8 Å². The van der Waals surface area contributed by atoms with Crippen LogP contribution in [0, 0.1) is 0 Å². The van der Waals surface area contributed by atoms with E-state index < -0.39 is 0 Å². The van der Waals surface area contributed by atoms with Gasteiger partial charge in [0, 0.05) is 24.4 Å². The lowest BCUT2D eigenvalue weighted by molar-refractivity contribution is 0.0919. The van der Waals surface area contributed by atoms with Crippen LogP contribution in [0.2, 0.25) is 0 Å². The van der Waals surface area contributed by atoms with Gasteiger partial charge in [-0.3, -0.25) is 9.59 Å². The Morgan fingerprint density at radius 3 is 2.72 bits per heavy atom. The van der Waals surface area contributed by atoms with E-state index in [4.69, 9.17) is 4.74 Å². The molecule has 1 aliphatic rings. The molecule has 6 nitrogen and oxygen atoms in total. The molecule has 1 atom stereocenters. The third-order valence-electron chi connectivity index (χ3n) is 4.44. The highest BCUT2D eigenvalue weighted by atomic mass is 16.5. The molecule has 0 radical (unpaired) electrons. The number of para-hydroxylation sites is 1. The van der Waals surface area contributed by atoms with Crippen molar-refractivity contribution in [3.05, 3.63) is 70.1 Å². The Balaban J connectivity index is 1.73.